The van der Waals surface area contributed by atoms with Crippen molar-refractivity contribution < 1.29 is 9.59 Å². The molecule has 1 saturated heterocycles. The van der Waals surface area contributed by atoms with Gasteiger partial charge in [-0.05, 0) is 32.6 Å². The van der Waals surface area contributed by atoms with E-state index in [0.717, 1.165) is 0 Å². The number of amides is 2. The zero-order chi connectivity index (χ0) is 12.7. The molecule has 2 amide bonds. The minimum absolute atomic E-state index is 0.0127. The number of carbonyl (C=O) groups excluding carboxylic acids is 2. The zero-order valence-corrected chi connectivity index (χ0v) is 11.2. The van der Waals surface area contributed by atoms with E-state index in [2.05, 4.69) is 20.8 Å². The zero-order valence-electron chi connectivity index (χ0n) is 11.2. The van der Waals surface area contributed by atoms with Crippen molar-refractivity contribution in [3.05, 3.63) is 0 Å². The van der Waals surface area contributed by atoms with Crippen molar-refractivity contribution in [1.29, 1.82) is 0 Å². The van der Waals surface area contributed by atoms with Gasteiger partial charge in [-0.1, -0.05) is 20.8 Å². The molecule has 3 heteroatoms. The van der Waals surface area contributed by atoms with E-state index in [1.807, 2.05) is 20.8 Å². The Hall–Kier alpha value is -0.860. The van der Waals surface area contributed by atoms with Gasteiger partial charge in [0.25, 0.3) is 0 Å². The molecule has 1 aliphatic rings. The quantitative estimate of drug-likeness (QED) is 0.677. The lowest BCUT2D eigenvalue weighted by molar-refractivity contribution is -0.145. The lowest BCUT2D eigenvalue weighted by Gasteiger charge is -2.31. The molecule has 1 heterocycles. The van der Waals surface area contributed by atoms with Crippen LogP contribution in [0.15, 0.2) is 0 Å². The van der Waals surface area contributed by atoms with Crippen LogP contribution in [-0.4, -0.2) is 22.3 Å². The summed E-state index contributed by atoms with van der Waals surface area (Å²) in [5.74, 6) is 0.575. The van der Waals surface area contributed by atoms with Gasteiger partial charge >= 0.3 is 0 Å². The highest BCUT2D eigenvalue weighted by molar-refractivity contribution is 6.04. The Morgan fingerprint density at radius 2 is 1.69 bits per heavy atom. The fourth-order valence-corrected chi connectivity index (χ4v) is 2.24. The molecule has 1 fully saturated rings. The second-order valence-electron chi connectivity index (χ2n) is 6.15. The van der Waals surface area contributed by atoms with E-state index < -0.39 is 0 Å². The molecule has 0 N–H and O–H groups in total. The smallest absolute Gasteiger partial charge is 0.233 e. The van der Waals surface area contributed by atoms with Gasteiger partial charge < -0.3 is 0 Å². The van der Waals surface area contributed by atoms with Gasteiger partial charge in [0.15, 0.2) is 0 Å². The monoisotopic (exact) mass is 225 g/mol. The van der Waals surface area contributed by atoms with Crippen LogP contribution in [0, 0.1) is 17.8 Å². The standard InChI is InChI=1S/C13H23NO2/c1-8(2)9(3)10-7-11(15)14(12(10)16)13(4,5)6/h8-10H,7H2,1-6H3/t9-,10?/m0/s1. The first-order valence-corrected chi connectivity index (χ1v) is 6.03. The normalized spacial score (nSPS) is 24.4. The fraction of sp³-hybridized carbons (Fsp3) is 0.846. The maximum atomic E-state index is 12.2. The van der Waals surface area contributed by atoms with Crippen molar-refractivity contribution in [1.82, 2.24) is 4.90 Å². The third kappa shape index (κ3) is 2.28. The highest BCUT2D eigenvalue weighted by Gasteiger charge is 2.46. The van der Waals surface area contributed by atoms with Gasteiger partial charge in [0.1, 0.15) is 0 Å². The second kappa shape index (κ2) is 4.19. The first kappa shape index (κ1) is 13.2. The summed E-state index contributed by atoms with van der Waals surface area (Å²) in [6.45, 7) is 12.0. The van der Waals surface area contributed by atoms with Crippen LogP contribution in [0.4, 0.5) is 0 Å². The Bertz CT molecular complexity index is 302. The SMILES string of the molecule is CC(C)[C@H](C)C1CC(=O)N(C(C)(C)C)C1=O. The summed E-state index contributed by atoms with van der Waals surface area (Å²) in [6, 6.07) is 0. The Morgan fingerprint density at radius 1 is 1.19 bits per heavy atom. The van der Waals surface area contributed by atoms with Gasteiger partial charge in [-0.25, -0.2) is 0 Å². The number of carbonyl (C=O) groups is 2. The molecule has 0 aromatic carbocycles. The average molecular weight is 225 g/mol. The summed E-state index contributed by atoms with van der Waals surface area (Å²) in [6.07, 6.45) is 0.384. The largest absolute Gasteiger partial charge is 0.277 e. The molecule has 1 rings (SSSR count). The van der Waals surface area contributed by atoms with Crippen LogP contribution >= 0.6 is 0 Å². The first-order valence-electron chi connectivity index (χ1n) is 6.03. The van der Waals surface area contributed by atoms with Crippen LogP contribution in [0.2, 0.25) is 0 Å². The fourth-order valence-electron chi connectivity index (χ4n) is 2.24. The number of hydrogen-bond acceptors (Lipinski definition) is 2. The third-order valence-corrected chi connectivity index (χ3v) is 3.54. The van der Waals surface area contributed by atoms with Gasteiger partial charge in [-0.15, -0.1) is 0 Å². The molecule has 0 aliphatic carbocycles. The predicted octanol–water partition coefficient (Wildman–Crippen LogP) is 2.45. The molecule has 0 saturated carbocycles. The van der Waals surface area contributed by atoms with Gasteiger partial charge in [-0.3, -0.25) is 14.5 Å². The summed E-state index contributed by atoms with van der Waals surface area (Å²) in [5.41, 5.74) is -0.389. The van der Waals surface area contributed by atoms with Gasteiger partial charge in [0.2, 0.25) is 11.8 Å². The lowest BCUT2D eigenvalue weighted by atomic mass is 9.84. The molecule has 0 radical (unpaired) electrons. The Labute approximate surface area is 98.2 Å². The van der Waals surface area contributed by atoms with Crippen molar-refractivity contribution in [2.45, 2.75) is 53.5 Å². The molecule has 92 valence electrons. The molecule has 0 spiro atoms. The predicted molar refractivity (Wildman–Crippen MR) is 63.7 cm³/mol. The van der Waals surface area contributed by atoms with Crippen molar-refractivity contribution in [3.63, 3.8) is 0 Å². The van der Waals surface area contributed by atoms with E-state index in [4.69, 9.17) is 0 Å². The van der Waals surface area contributed by atoms with E-state index in [0.29, 0.717) is 12.3 Å². The molecule has 1 unspecified atom stereocenters. The summed E-state index contributed by atoms with van der Waals surface area (Å²) in [5, 5.41) is 0. The summed E-state index contributed by atoms with van der Waals surface area (Å²) in [7, 11) is 0. The molecule has 1 aliphatic heterocycles. The van der Waals surface area contributed by atoms with Crippen LogP contribution in [0.5, 0.6) is 0 Å². The Morgan fingerprint density at radius 3 is 2.00 bits per heavy atom. The highest BCUT2D eigenvalue weighted by atomic mass is 16.2. The number of hydrogen-bond donors (Lipinski definition) is 0. The van der Waals surface area contributed by atoms with Crippen LogP contribution in [-0.2, 0) is 9.59 Å². The summed E-state index contributed by atoms with van der Waals surface area (Å²) < 4.78 is 0. The van der Waals surface area contributed by atoms with E-state index in [9.17, 15) is 9.59 Å². The topological polar surface area (TPSA) is 37.4 Å². The second-order valence-corrected chi connectivity index (χ2v) is 6.15. The number of nitrogens with zero attached hydrogens (tertiary/aromatic N) is 1. The summed E-state index contributed by atoms with van der Waals surface area (Å²) in [4.78, 5) is 25.5. The maximum Gasteiger partial charge on any atom is 0.233 e. The third-order valence-electron chi connectivity index (χ3n) is 3.54. The van der Waals surface area contributed by atoms with Crippen LogP contribution < -0.4 is 0 Å². The molecule has 2 atom stereocenters. The lowest BCUT2D eigenvalue weighted by Crippen LogP contribution is -2.46. The van der Waals surface area contributed by atoms with Crippen molar-refractivity contribution in [2.75, 3.05) is 0 Å². The maximum absolute atomic E-state index is 12.2. The molecule has 3 nitrogen and oxygen atoms in total. The van der Waals surface area contributed by atoms with Crippen molar-refractivity contribution in [3.8, 4) is 0 Å². The molecule has 0 aromatic rings. The molecule has 16 heavy (non-hydrogen) atoms. The van der Waals surface area contributed by atoms with E-state index in [-0.39, 0.29) is 29.2 Å². The van der Waals surface area contributed by atoms with Crippen LogP contribution in [0.25, 0.3) is 0 Å². The summed E-state index contributed by atoms with van der Waals surface area (Å²) >= 11 is 0. The molecule has 0 aromatic heterocycles. The molecular weight excluding hydrogens is 202 g/mol. The van der Waals surface area contributed by atoms with Gasteiger partial charge in [-0.2, -0.15) is 0 Å². The van der Waals surface area contributed by atoms with Gasteiger partial charge in [0.05, 0.1) is 5.92 Å². The molecule has 0 bridgehead atoms. The minimum Gasteiger partial charge on any atom is -0.277 e. The minimum atomic E-state index is -0.389. The van der Waals surface area contributed by atoms with Crippen LogP contribution in [0.1, 0.15) is 48.0 Å². The number of likely N-dealkylation sites (tertiary alicyclic amines) is 1. The Kier molecular flexibility index (Phi) is 3.46. The Balaban J connectivity index is 2.91. The highest BCUT2D eigenvalue weighted by Crippen LogP contribution is 2.34. The van der Waals surface area contributed by atoms with Gasteiger partial charge in [0, 0.05) is 12.0 Å². The average Bonchev–Trinajstić information content (AvgIpc) is 2.38. The number of imide groups is 1. The van der Waals surface area contributed by atoms with Crippen LogP contribution in [0.3, 0.4) is 0 Å². The number of rotatable bonds is 2. The van der Waals surface area contributed by atoms with E-state index in [1.54, 1.807) is 0 Å². The van der Waals surface area contributed by atoms with Crippen molar-refractivity contribution >= 4 is 11.8 Å². The molecular formula is C13H23NO2. The van der Waals surface area contributed by atoms with E-state index in [1.165, 1.54) is 4.90 Å². The van der Waals surface area contributed by atoms with Crippen molar-refractivity contribution in [2.24, 2.45) is 17.8 Å². The first-order chi connectivity index (χ1) is 7.16. The van der Waals surface area contributed by atoms with E-state index >= 15 is 0 Å².